The fraction of sp³-hybridized carbons (Fsp3) is 0.571. The summed E-state index contributed by atoms with van der Waals surface area (Å²) < 4.78 is 0. The molecule has 0 aliphatic heterocycles. The minimum Gasteiger partial charge on any atom is -0.382 e. The third-order valence-electron chi connectivity index (χ3n) is 3.83. The molecule has 0 radical (unpaired) electrons. The molecule has 88 valence electrons. The fourth-order valence-electron chi connectivity index (χ4n) is 1.93. The lowest BCUT2D eigenvalue weighted by molar-refractivity contribution is 0.493. The van der Waals surface area contributed by atoms with E-state index >= 15 is 0 Å². The second kappa shape index (κ2) is 4.00. The number of nitrogens with one attached hydrogen (secondary N) is 1. The Morgan fingerprint density at radius 2 is 2.00 bits per heavy atom. The zero-order valence-electron chi connectivity index (χ0n) is 10.7. The molecular weight excluding hydrogens is 196 g/mol. The summed E-state index contributed by atoms with van der Waals surface area (Å²) in [5.41, 5.74) is 3.00. The molecule has 0 aromatic heterocycles. The second-order valence-electron chi connectivity index (χ2n) is 5.46. The molecule has 1 N–H and O–H groups in total. The van der Waals surface area contributed by atoms with Gasteiger partial charge in [0.15, 0.2) is 0 Å². The Kier molecular flexibility index (Phi) is 2.83. The maximum absolute atomic E-state index is 3.61. The summed E-state index contributed by atoms with van der Waals surface area (Å²) in [7, 11) is 4.15. The van der Waals surface area contributed by atoms with Gasteiger partial charge in [-0.05, 0) is 43.4 Å². The molecule has 0 saturated heterocycles. The second-order valence-corrected chi connectivity index (χ2v) is 5.46. The first-order valence-electron chi connectivity index (χ1n) is 6.05. The van der Waals surface area contributed by atoms with Gasteiger partial charge in [0.2, 0.25) is 0 Å². The van der Waals surface area contributed by atoms with Crippen molar-refractivity contribution >= 4 is 11.4 Å². The molecule has 1 unspecified atom stereocenters. The Morgan fingerprint density at radius 1 is 1.31 bits per heavy atom. The Labute approximate surface area is 98.7 Å². The van der Waals surface area contributed by atoms with Crippen LogP contribution in [0.4, 0.5) is 11.4 Å². The molecule has 0 amide bonds. The van der Waals surface area contributed by atoms with Crippen LogP contribution in [-0.4, -0.2) is 20.1 Å². The molecule has 2 heteroatoms. The van der Waals surface area contributed by atoms with E-state index in [1.165, 1.54) is 24.2 Å². The third kappa shape index (κ3) is 2.31. The smallest absolute Gasteiger partial charge is 0.0381 e. The minimum atomic E-state index is 0.522. The highest BCUT2D eigenvalue weighted by molar-refractivity contribution is 5.57. The van der Waals surface area contributed by atoms with Gasteiger partial charge in [-0.25, -0.2) is 0 Å². The van der Waals surface area contributed by atoms with Gasteiger partial charge in [-0.2, -0.15) is 0 Å². The molecule has 1 atom stereocenters. The molecule has 16 heavy (non-hydrogen) atoms. The van der Waals surface area contributed by atoms with E-state index in [1.54, 1.807) is 0 Å². The number of hydrogen-bond donors (Lipinski definition) is 1. The van der Waals surface area contributed by atoms with E-state index in [1.807, 2.05) is 0 Å². The number of hydrogen-bond acceptors (Lipinski definition) is 2. The van der Waals surface area contributed by atoms with Gasteiger partial charge < -0.3 is 10.2 Å². The summed E-state index contributed by atoms with van der Waals surface area (Å²) in [5.74, 6) is 0. The van der Waals surface area contributed by atoms with E-state index < -0.39 is 0 Å². The van der Waals surface area contributed by atoms with Crippen molar-refractivity contribution in [3.05, 3.63) is 24.3 Å². The van der Waals surface area contributed by atoms with Crippen LogP contribution in [0.1, 0.15) is 26.7 Å². The van der Waals surface area contributed by atoms with Gasteiger partial charge in [0, 0.05) is 31.5 Å². The molecule has 1 fully saturated rings. The van der Waals surface area contributed by atoms with E-state index in [4.69, 9.17) is 0 Å². The molecule has 1 saturated carbocycles. The quantitative estimate of drug-likeness (QED) is 0.833. The van der Waals surface area contributed by atoms with Crippen molar-refractivity contribution in [1.29, 1.82) is 0 Å². The number of rotatable bonds is 4. The van der Waals surface area contributed by atoms with Crippen molar-refractivity contribution < 1.29 is 0 Å². The fourth-order valence-corrected chi connectivity index (χ4v) is 1.93. The first-order valence-corrected chi connectivity index (χ1v) is 6.05. The van der Waals surface area contributed by atoms with Gasteiger partial charge in [0.25, 0.3) is 0 Å². The molecule has 1 aliphatic carbocycles. The number of nitrogens with zero attached hydrogens (tertiary/aromatic N) is 1. The molecule has 2 rings (SSSR count). The van der Waals surface area contributed by atoms with Crippen LogP contribution < -0.4 is 10.2 Å². The number of benzene rings is 1. The maximum Gasteiger partial charge on any atom is 0.0381 e. The lowest BCUT2D eigenvalue weighted by Crippen LogP contribution is -2.25. The van der Waals surface area contributed by atoms with Crippen molar-refractivity contribution in [3.63, 3.8) is 0 Å². The van der Waals surface area contributed by atoms with Crippen LogP contribution in [0.3, 0.4) is 0 Å². The summed E-state index contributed by atoms with van der Waals surface area (Å²) in [6, 6.07) is 9.16. The highest BCUT2D eigenvalue weighted by atomic mass is 15.1. The lowest BCUT2D eigenvalue weighted by atomic mass is 10.0. The largest absolute Gasteiger partial charge is 0.382 e. The first-order chi connectivity index (χ1) is 7.51. The maximum atomic E-state index is 3.61. The molecule has 0 bridgehead atoms. The van der Waals surface area contributed by atoms with Crippen molar-refractivity contribution in [2.24, 2.45) is 5.41 Å². The van der Waals surface area contributed by atoms with Crippen LogP contribution in [0.2, 0.25) is 0 Å². The van der Waals surface area contributed by atoms with E-state index in [0.717, 1.165) is 0 Å². The van der Waals surface area contributed by atoms with Gasteiger partial charge in [-0.1, -0.05) is 13.0 Å². The third-order valence-corrected chi connectivity index (χ3v) is 3.83. The molecule has 1 aliphatic rings. The molecule has 2 nitrogen and oxygen atoms in total. The van der Waals surface area contributed by atoms with Crippen molar-refractivity contribution in [2.45, 2.75) is 32.7 Å². The van der Waals surface area contributed by atoms with Crippen molar-refractivity contribution in [2.75, 3.05) is 24.3 Å². The predicted octanol–water partition coefficient (Wildman–Crippen LogP) is 3.35. The molecule has 0 spiro atoms. The summed E-state index contributed by atoms with van der Waals surface area (Å²) in [4.78, 5) is 2.13. The van der Waals surface area contributed by atoms with Crippen LogP contribution in [0.25, 0.3) is 0 Å². The monoisotopic (exact) mass is 218 g/mol. The Bertz CT molecular complexity index is 367. The Morgan fingerprint density at radius 3 is 2.56 bits per heavy atom. The van der Waals surface area contributed by atoms with E-state index in [2.05, 4.69) is 62.4 Å². The molecule has 1 aromatic rings. The highest BCUT2D eigenvalue weighted by Gasteiger charge is 2.42. The Balaban J connectivity index is 2.06. The summed E-state index contributed by atoms with van der Waals surface area (Å²) >= 11 is 0. The van der Waals surface area contributed by atoms with Gasteiger partial charge in [-0.3, -0.25) is 0 Å². The van der Waals surface area contributed by atoms with Gasteiger partial charge in [-0.15, -0.1) is 0 Å². The van der Waals surface area contributed by atoms with Crippen LogP contribution in [0.15, 0.2) is 24.3 Å². The van der Waals surface area contributed by atoms with Gasteiger partial charge in [0.05, 0.1) is 0 Å². The average molecular weight is 218 g/mol. The van der Waals surface area contributed by atoms with Crippen molar-refractivity contribution in [1.82, 2.24) is 0 Å². The zero-order chi connectivity index (χ0) is 11.8. The zero-order valence-corrected chi connectivity index (χ0v) is 10.7. The molecule has 0 heterocycles. The summed E-state index contributed by atoms with van der Waals surface area (Å²) in [6.45, 7) is 4.65. The van der Waals surface area contributed by atoms with E-state index in [-0.39, 0.29) is 0 Å². The SMILES string of the molecule is CC(Nc1cccc(N(C)C)c1)C1(C)CC1. The highest BCUT2D eigenvalue weighted by Crippen LogP contribution is 2.48. The minimum absolute atomic E-state index is 0.522. The van der Waals surface area contributed by atoms with Gasteiger partial charge >= 0.3 is 0 Å². The van der Waals surface area contributed by atoms with Crippen LogP contribution in [-0.2, 0) is 0 Å². The predicted molar refractivity (Wildman–Crippen MR) is 71.2 cm³/mol. The van der Waals surface area contributed by atoms with Crippen LogP contribution in [0, 0.1) is 5.41 Å². The van der Waals surface area contributed by atoms with Crippen molar-refractivity contribution in [3.8, 4) is 0 Å². The topological polar surface area (TPSA) is 15.3 Å². The van der Waals surface area contributed by atoms with E-state index in [0.29, 0.717) is 11.5 Å². The lowest BCUT2D eigenvalue weighted by Gasteiger charge is -2.22. The molecule has 1 aromatic carbocycles. The Hall–Kier alpha value is -1.18. The summed E-state index contributed by atoms with van der Waals surface area (Å²) in [6.07, 6.45) is 2.71. The van der Waals surface area contributed by atoms with Crippen LogP contribution in [0.5, 0.6) is 0 Å². The average Bonchev–Trinajstić information content (AvgIpc) is 2.98. The first kappa shape index (κ1) is 11.3. The normalized spacial score (nSPS) is 19.0. The standard InChI is InChI=1S/C14H22N2/c1-11(14(2)8-9-14)15-12-6-5-7-13(10-12)16(3)4/h5-7,10-11,15H,8-9H2,1-4H3. The van der Waals surface area contributed by atoms with Gasteiger partial charge in [0.1, 0.15) is 0 Å². The van der Waals surface area contributed by atoms with Crippen LogP contribution >= 0.6 is 0 Å². The molecular formula is C14H22N2. The van der Waals surface area contributed by atoms with E-state index in [9.17, 15) is 0 Å². The number of anilines is 2. The summed E-state index contributed by atoms with van der Waals surface area (Å²) in [5, 5.41) is 3.61.